The molecule has 0 atom stereocenters. The molecule has 0 bridgehead atoms. The van der Waals surface area contributed by atoms with Crippen LogP contribution in [-0.4, -0.2) is 16.0 Å². The van der Waals surface area contributed by atoms with Gasteiger partial charge in [-0.1, -0.05) is 46.3 Å². The fourth-order valence-corrected chi connectivity index (χ4v) is 2.59. The average molecular weight is 354 g/mol. The Kier molecular flexibility index (Phi) is 4.20. The highest BCUT2D eigenvalue weighted by atomic mass is 79.9. The average Bonchev–Trinajstić information content (AvgIpc) is 2.82. The lowest BCUT2D eigenvalue weighted by Gasteiger charge is -2.03. The monoisotopic (exact) mass is 353 g/mol. The molecule has 0 unspecified atom stereocenters. The third kappa shape index (κ3) is 3.02. The number of hydrogen-bond donors (Lipinski definition) is 0. The van der Waals surface area contributed by atoms with Crippen LogP contribution in [0.25, 0.3) is 5.69 Å². The van der Waals surface area contributed by atoms with E-state index in [-0.39, 0.29) is 0 Å². The quantitative estimate of drug-likeness (QED) is 0.609. The lowest BCUT2D eigenvalue weighted by molar-refractivity contribution is 0.834. The molecule has 0 aliphatic carbocycles. The van der Waals surface area contributed by atoms with Gasteiger partial charge in [-0.3, -0.25) is 4.99 Å². The summed E-state index contributed by atoms with van der Waals surface area (Å²) in [6.45, 7) is 4.03. The molecule has 1 heterocycles. The summed E-state index contributed by atoms with van der Waals surface area (Å²) in [4.78, 5) is 4.63. The Balaban J connectivity index is 1.95. The van der Waals surface area contributed by atoms with E-state index in [4.69, 9.17) is 0 Å². The minimum atomic E-state index is 0.923. The van der Waals surface area contributed by atoms with Crippen LogP contribution in [0.3, 0.4) is 0 Å². The Morgan fingerprint density at radius 1 is 1.00 bits per heavy atom. The molecule has 3 nitrogen and oxygen atoms in total. The normalized spacial score (nSPS) is 11.2. The van der Waals surface area contributed by atoms with Crippen LogP contribution in [0.15, 0.2) is 64.1 Å². The van der Waals surface area contributed by atoms with Gasteiger partial charge >= 0.3 is 0 Å². The lowest BCUT2D eigenvalue weighted by Crippen LogP contribution is -1.98. The summed E-state index contributed by atoms with van der Waals surface area (Å²) in [5.74, 6) is 0. The molecule has 4 heteroatoms. The standard InChI is InChI=1S/C18H16BrN3/c1-13-18(20-12-15-8-10-16(19)11-9-15)14(2)22(21-13)17-6-4-3-5-7-17/h3-12H,1-2H3. The summed E-state index contributed by atoms with van der Waals surface area (Å²) in [5.41, 5.74) is 5.00. The molecule has 0 aliphatic heterocycles. The van der Waals surface area contributed by atoms with Crippen molar-refractivity contribution in [1.82, 2.24) is 9.78 Å². The molecule has 2 aromatic carbocycles. The van der Waals surface area contributed by atoms with Crippen LogP contribution < -0.4 is 0 Å². The van der Waals surface area contributed by atoms with Crippen molar-refractivity contribution in [3.8, 4) is 5.69 Å². The van der Waals surface area contributed by atoms with Gasteiger partial charge in [0.15, 0.2) is 0 Å². The smallest absolute Gasteiger partial charge is 0.107 e. The van der Waals surface area contributed by atoms with Crippen LogP contribution in [0.2, 0.25) is 0 Å². The first kappa shape index (κ1) is 14.7. The summed E-state index contributed by atoms with van der Waals surface area (Å²) in [5, 5.41) is 4.60. The lowest BCUT2D eigenvalue weighted by atomic mass is 10.2. The number of aryl methyl sites for hydroxylation is 1. The predicted octanol–water partition coefficient (Wildman–Crippen LogP) is 5.00. The van der Waals surface area contributed by atoms with Crippen molar-refractivity contribution in [2.45, 2.75) is 13.8 Å². The maximum absolute atomic E-state index is 4.63. The maximum atomic E-state index is 4.63. The molecule has 0 saturated carbocycles. The molecule has 0 saturated heterocycles. The topological polar surface area (TPSA) is 30.2 Å². The minimum Gasteiger partial charge on any atom is -0.252 e. The first-order valence-corrected chi connectivity index (χ1v) is 7.86. The molecule has 3 aromatic rings. The van der Waals surface area contributed by atoms with Gasteiger partial charge in [-0.05, 0) is 43.7 Å². The molecule has 3 rings (SSSR count). The first-order chi connectivity index (χ1) is 10.6. The Morgan fingerprint density at radius 3 is 2.36 bits per heavy atom. The van der Waals surface area contributed by atoms with E-state index in [2.05, 4.69) is 26.0 Å². The highest BCUT2D eigenvalue weighted by Gasteiger charge is 2.11. The van der Waals surface area contributed by atoms with E-state index in [1.807, 2.05) is 79.3 Å². The summed E-state index contributed by atoms with van der Waals surface area (Å²) in [6, 6.07) is 18.2. The molecule has 0 fully saturated rings. The second-order valence-corrected chi connectivity index (χ2v) is 5.99. The highest BCUT2D eigenvalue weighted by molar-refractivity contribution is 9.10. The van der Waals surface area contributed by atoms with Gasteiger partial charge in [-0.15, -0.1) is 0 Å². The zero-order valence-corrected chi connectivity index (χ0v) is 14.1. The zero-order chi connectivity index (χ0) is 15.5. The summed E-state index contributed by atoms with van der Waals surface area (Å²) in [7, 11) is 0. The van der Waals surface area contributed by atoms with Crippen molar-refractivity contribution < 1.29 is 0 Å². The Morgan fingerprint density at radius 2 is 1.68 bits per heavy atom. The number of halogens is 1. The van der Waals surface area contributed by atoms with E-state index in [0.29, 0.717) is 0 Å². The van der Waals surface area contributed by atoms with Gasteiger partial charge < -0.3 is 0 Å². The minimum absolute atomic E-state index is 0.923. The third-order valence-corrected chi connectivity index (χ3v) is 4.00. The van der Waals surface area contributed by atoms with E-state index in [9.17, 15) is 0 Å². The van der Waals surface area contributed by atoms with Gasteiger partial charge in [-0.25, -0.2) is 4.68 Å². The van der Waals surface area contributed by atoms with Crippen molar-refractivity contribution in [1.29, 1.82) is 0 Å². The van der Waals surface area contributed by atoms with Crippen LogP contribution in [0.4, 0.5) is 5.69 Å². The van der Waals surface area contributed by atoms with E-state index < -0.39 is 0 Å². The summed E-state index contributed by atoms with van der Waals surface area (Å²) in [6.07, 6.45) is 1.87. The van der Waals surface area contributed by atoms with Gasteiger partial charge in [-0.2, -0.15) is 5.10 Å². The summed E-state index contributed by atoms with van der Waals surface area (Å²) >= 11 is 3.44. The fourth-order valence-electron chi connectivity index (χ4n) is 2.33. The molecule has 22 heavy (non-hydrogen) atoms. The predicted molar refractivity (Wildman–Crippen MR) is 94.4 cm³/mol. The SMILES string of the molecule is Cc1nn(-c2ccccc2)c(C)c1N=Cc1ccc(Br)cc1. The number of hydrogen-bond acceptors (Lipinski definition) is 2. The molecule has 0 N–H and O–H groups in total. The van der Waals surface area contributed by atoms with Crippen LogP contribution in [0, 0.1) is 13.8 Å². The number of benzene rings is 2. The Hall–Kier alpha value is -2.20. The second-order valence-electron chi connectivity index (χ2n) is 5.08. The van der Waals surface area contributed by atoms with E-state index >= 15 is 0 Å². The Bertz CT molecular complexity index is 802. The van der Waals surface area contributed by atoms with E-state index in [1.54, 1.807) is 0 Å². The fraction of sp³-hybridized carbons (Fsp3) is 0.111. The Labute approximate surface area is 138 Å². The van der Waals surface area contributed by atoms with Crippen LogP contribution >= 0.6 is 15.9 Å². The molecule has 0 radical (unpaired) electrons. The number of para-hydroxylation sites is 1. The van der Waals surface area contributed by atoms with Crippen molar-refractivity contribution in [3.05, 3.63) is 76.0 Å². The third-order valence-electron chi connectivity index (χ3n) is 3.47. The van der Waals surface area contributed by atoms with Gasteiger partial charge in [0.1, 0.15) is 5.69 Å². The summed E-state index contributed by atoms with van der Waals surface area (Å²) < 4.78 is 3.00. The zero-order valence-electron chi connectivity index (χ0n) is 12.5. The highest BCUT2D eigenvalue weighted by Crippen LogP contribution is 2.25. The van der Waals surface area contributed by atoms with Crippen molar-refractivity contribution in [3.63, 3.8) is 0 Å². The largest absolute Gasteiger partial charge is 0.252 e. The number of aliphatic imine (C=N–C) groups is 1. The van der Waals surface area contributed by atoms with Gasteiger partial charge in [0.05, 0.1) is 17.1 Å². The first-order valence-electron chi connectivity index (χ1n) is 7.06. The van der Waals surface area contributed by atoms with Crippen molar-refractivity contribution >= 4 is 27.8 Å². The van der Waals surface area contributed by atoms with E-state index in [0.717, 1.165) is 32.8 Å². The maximum Gasteiger partial charge on any atom is 0.107 e. The van der Waals surface area contributed by atoms with E-state index in [1.165, 1.54) is 0 Å². The number of nitrogens with zero attached hydrogens (tertiary/aromatic N) is 3. The molecule has 1 aromatic heterocycles. The van der Waals surface area contributed by atoms with Crippen molar-refractivity contribution in [2.75, 3.05) is 0 Å². The number of rotatable bonds is 3. The molecule has 110 valence electrons. The molecule has 0 spiro atoms. The molecular formula is C18H16BrN3. The number of aromatic nitrogens is 2. The van der Waals surface area contributed by atoms with Gasteiger partial charge in [0.25, 0.3) is 0 Å². The molecular weight excluding hydrogens is 338 g/mol. The molecule has 0 aliphatic rings. The van der Waals surface area contributed by atoms with Crippen molar-refractivity contribution in [2.24, 2.45) is 4.99 Å². The van der Waals surface area contributed by atoms with Gasteiger partial charge in [0.2, 0.25) is 0 Å². The van der Waals surface area contributed by atoms with Gasteiger partial charge in [0, 0.05) is 10.7 Å². The molecule has 0 amide bonds. The second kappa shape index (κ2) is 6.28. The van der Waals surface area contributed by atoms with Crippen LogP contribution in [0.5, 0.6) is 0 Å². The van der Waals surface area contributed by atoms with Crippen LogP contribution in [-0.2, 0) is 0 Å². The van der Waals surface area contributed by atoms with Crippen LogP contribution in [0.1, 0.15) is 17.0 Å².